The zero-order chi connectivity index (χ0) is 18.2. The number of nitrogens with zero attached hydrogens (tertiary/aromatic N) is 2. The minimum atomic E-state index is -0.181. The van der Waals surface area contributed by atoms with Crippen LogP contribution in [0.25, 0.3) is 0 Å². The average Bonchev–Trinajstić information content (AvgIpc) is 2.62. The molecule has 1 unspecified atom stereocenters. The fourth-order valence-electron chi connectivity index (χ4n) is 3.17. The lowest BCUT2D eigenvalue weighted by molar-refractivity contribution is -0.151. The summed E-state index contributed by atoms with van der Waals surface area (Å²) in [6, 6.07) is 10.5. The molecule has 1 aromatic carbocycles. The highest BCUT2D eigenvalue weighted by Crippen LogP contribution is 2.19. The molecule has 0 aromatic heterocycles. The Balaban J connectivity index is 1.94. The van der Waals surface area contributed by atoms with Crippen molar-refractivity contribution in [2.24, 2.45) is 5.92 Å². The molecule has 1 aliphatic heterocycles. The van der Waals surface area contributed by atoms with Gasteiger partial charge in [0, 0.05) is 25.7 Å². The molecule has 138 valence electrons. The van der Waals surface area contributed by atoms with E-state index in [0.29, 0.717) is 19.7 Å². The van der Waals surface area contributed by atoms with E-state index in [0.717, 1.165) is 25.9 Å². The number of ether oxygens (including phenoxy) is 1. The van der Waals surface area contributed by atoms with Gasteiger partial charge in [-0.25, -0.2) is 0 Å². The summed E-state index contributed by atoms with van der Waals surface area (Å²) in [7, 11) is 0. The van der Waals surface area contributed by atoms with Crippen molar-refractivity contribution in [1.29, 1.82) is 0 Å². The van der Waals surface area contributed by atoms with E-state index in [4.69, 9.17) is 4.74 Å². The Kier molecular flexibility index (Phi) is 7.44. The van der Waals surface area contributed by atoms with E-state index in [1.165, 1.54) is 5.56 Å². The summed E-state index contributed by atoms with van der Waals surface area (Å²) in [5, 5.41) is 0. The largest absolute Gasteiger partial charge is 0.466 e. The third-order valence-electron chi connectivity index (χ3n) is 4.69. The van der Waals surface area contributed by atoms with Gasteiger partial charge in [0.15, 0.2) is 0 Å². The number of hydrogen-bond acceptors (Lipinski definition) is 4. The fraction of sp³-hybridized carbons (Fsp3) is 0.600. The second kappa shape index (κ2) is 9.56. The number of carbonyl (C=O) groups excluding carboxylic acids is 2. The molecule has 1 aromatic rings. The van der Waals surface area contributed by atoms with Crippen molar-refractivity contribution in [2.45, 2.75) is 46.2 Å². The molecule has 25 heavy (non-hydrogen) atoms. The Labute approximate surface area is 150 Å². The first-order valence-corrected chi connectivity index (χ1v) is 9.23. The second-order valence-electron chi connectivity index (χ2n) is 6.92. The van der Waals surface area contributed by atoms with E-state index in [1.807, 2.05) is 30.0 Å². The number of benzene rings is 1. The summed E-state index contributed by atoms with van der Waals surface area (Å²) in [4.78, 5) is 28.7. The minimum absolute atomic E-state index is 0.0960. The van der Waals surface area contributed by atoms with Crippen molar-refractivity contribution in [1.82, 2.24) is 9.80 Å². The van der Waals surface area contributed by atoms with Crippen LogP contribution in [-0.2, 0) is 20.9 Å². The van der Waals surface area contributed by atoms with E-state index < -0.39 is 0 Å². The van der Waals surface area contributed by atoms with E-state index in [-0.39, 0.29) is 23.8 Å². The second-order valence-corrected chi connectivity index (χ2v) is 6.92. The topological polar surface area (TPSA) is 49.9 Å². The molecule has 1 amide bonds. The summed E-state index contributed by atoms with van der Waals surface area (Å²) < 4.78 is 5.12. The third-order valence-corrected chi connectivity index (χ3v) is 4.69. The molecule has 5 nitrogen and oxygen atoms in total. The molecule has 0 N–H and O–H groups in total. The highest BCUT2D eigenvalue weighted by molar-refractivity contribution is 5.80. The summed E-state index contributed by atoms with van der Waals surface area (Å²) in [5.74, 6) is -0.261. The maximum absolute atomic E-state index is 12.8. The summed E-state index contributed by atoms with van der Waals surface area (Å²) >= 11 is 0. The van der Waals surface area contributed by atoms with Crippen molar-refractivity contribution in [2.75, 3.05) is 26.2 Å². The van der Waals surface area contributed by atoms with Gasteiger partial charge in [-0.1, -0.05) is 30.3 Å². The van der Waals surface area contributed by atoms with Crippen molar-refractivity contribution in [3.05, 3.63) is 35.9 Å². The summed E-state index contributed by atoms with van der Waals surface area (Å²) in [6.07, 6.45) is 1.66. The molecule has 0 bridgehead atoms. The summed E-state index contributed by atoms with van der Waals surface area (Å²) in [5.41, 5.74) is 1.20. The lowest BCUT2D eigenvalue weighted by Gasteiger charge is -2.34. The van der Waals surface area contributed by atoms with Gasteiger partial charge in [0.1, 0.15) is 0 Å². The van der Waals surface area contributed by atoms with Gasteiger partial charge < -0.3 is 9.64 Å². The normalized spacial score (nSPS) is 17.8. The van der Waals surface area contributed by atoms with Gasteiger partial charge in [0.25, 0.3) is 0 Å². The lowest BCUT2D eigenvalue weighted by Crippen LogP contribution is -2.47. The molecule has 1 atom stereocenters. The standard InChI is InChI=1S/C20H30N2O3/c1-4-25-20(24)18-11-8-12-21(14-18)19(23)15-22(16(2)3)13-17-9-6-5-7-10-17/h5-7,9-10,16,18H,4,8,11-15H2,1-3H3. The Bertz CT molecular complexity index is 559. The fourth-order valence-corrected chi connectivity index (χ4v) is 3.17. The van der Waals surface area contributed by atoms with Crippen molar-refractivity contribution in [3.8, 4) is 0 Å². The Morgan fingerprint density at radius 3 is 2.64 bits per heavy atom. The molecule has 1 aliphatic rings. The SMILES string of the molecule is CCOC(=O)C1CCCN(C(=O)CN(Cc2ccccc2)C(C)C)C1. The van der Waals surface area contributed by atoms with E-state index in [2.05, 4.69) is 30.9 Å². The van der Waals surface area contributed by atoms with Crippen LogP contribution in [0.1, 0.15) is 39.2 Å². The van der Waals surface area contributed by atoms with Crippen LogP contribution in [0.4, 0.5) is 0 Å². The molecule has 1 fully saturated rings. The van der Waals surface area contributed by atoms with Crippen LogP contribution < -0.4 is 0 Å². The van der Waals surface area contributed by atoms with E-state index in [9.17, 15) is 9.59 Å². The first-order valence-electron chi connectivity index (χ1n) is 9.23. The van der Waals surface area contributed by atoms with Crippen LogP contribution in [0.5, 0.6) is 0 Å². The monoisotopic (exact) mass is 346 g/mol. The molecule has 2 rings (SSSR count). The van der Waals surface area contributed by atoms with E-state index >= 15 is 0 Å². The van der Waals surface area contributed by atoms with Crippen molar-refractivity contribution in [3.63, 3.8) is 0 Å². The van der Waals surface area contributed by atoms with Crippen LogP contribution in [0.3, 0.4) is 0 Å². The van der Waals surface area contributed by atoms with Gasteiger partial charge in [-0.05, 0) is 39.2 Å². The van der Waals surface area contributed by atoms with Gasteiger partial charge in [-0.2, -0.15) is 0 Å². The molecular weight excluding hydrogens is 316 g/mol. The van der Waals surface area contributed by atoms with Gasteiger partial charge >= 0.3 is 5.97 Å². The average molecular weight is 346 g/mol. The molecule has 1 saturated heterocycles. The molecule has 0 spiro atoms. The smallest absolute Gasteiger partial charge is 0.310 e. The van der Waals surface area contributed by atoms with E-state index in [1.54, 1.807) is 0 Å². The number of amides is 1. The Hall–Kier alpha value is -1.88. The highest BCUT2D eigenvalue weighted by Gasteiger charge is 2.30. The number of piperidine rings is 1. The zero-order valence-corrected chi connectivity index (χ0v) is 15.6. The Morgan fingerprint density at radius 2 is 2.00 bits per heavy atom. The first-order chi connectivity index (χ1) is 12.0. The van der Waals surface area contributed by atoms with Crippen LogP contribution in [0, 0.1) is 5.92 Å². The van der Waals surface area contributed by atoms with Crippen LogP contribution >= 0.6 is 0 Å². The van der Waals surface area contributed by atoms with Gasteiger partial charge in [0.2, 0.25) is 5.91 Å². The summed E-state index contributed by atoms with van der Waals surface area (Å²) in [6.45, 7) is 8.75. The molecule has 0 saturated carbocycles. The van der Waals surface area contributed by atoms with Crippen LogP contribution in [0.2, 0.25) is 0 Å². The maximum atomic E-state index is 12.8. The molecule has 0 aliphatic carbocycles. The Morgan fingerprint density at radius 1 is 1.28 bits per heavy atom. The predicted octanol–water partition coefficient (Wildman–Crippen LogP) is 2.70. The van der Waals surface area contributed by atoms with Crippen molar-refractivity contribution < 1.29 is 14.3 Å². The maximum Gasteiger partial charge on any atom is 0.310 e. The molecule has 0 radical (unpaired) electrons. The van der Waals surface area contributed by atoms with Gasteiger partial charge in [-0.3, -0.25) is 14.5 Å². The quantitative estimate of drug-likeness (QED) is 0.712. The lowest BCUT2D eigenvalue weighted by atomic mass is 9.98. The zero-order valence-electron chi connectivity index (χ0n) is 15.6. The molecular formula is C20H30N2O3. The first kappa shape index (κ1) is 19.4. The van der Waals surface area contributed by atoms with Crippen LogP contribution in [0.15, 0.2) is 30.3 Å². The number of likely N-dealkylation sites (tertiary alicyclic amines) is 1. The molecule has 5 heteroatoms. The van der Waals surface area contributed by atoms with Gasteiger partial charge in [-0.15, -0.1) is 0 Å². The number of hydrogen-bond donors (Lipinski definition) is 0. The number of rotatable bonds is 7. The number of carbonyl (C=O) groups is 2. The highest BCUT2D eigenvalue weighted by atomic mass is 16.5. The number of esters is 1. The predicted molar refractivity (Wildman–Crippen MR) is 97.9 cm³/mol. The third kappa shape index (κ3) is 5.85. The molecule has 1 heterocycles. The van der Waals surface area contributed by atoms with Crippen molar-refractivity contribution >= 4 is 11.9 Å². The van der Waals surface area contributed by atoms with Crippen LogP contribution in [-0.4, -0.2) is 54.0 Å². The minimum Gasteiger partial charge on any atom is -0.466 e. The van der Waals surface area contributed by atoms with Gasteiger partial charge in [0.05, 0.1) is 19.1 Å².